The van der Waals surface area contributed by atoms with Crippen LogP contribution in [0.1, 0.15) is 44.1 Å². The zero-order valence-corrected chi connectivity index (χ0v) is 10.6. The average Bonchev–Trinajstić information content (AvgIpc) is 2.78. The Hall–Kier alpha value is -1.35. The van der Waals surface area contributed by atoms with Gasteiger partial charge in [-0.2, -0.15) is 0 Å². The van der Waals surface area contributed by atoms with Gasteiger partial charge in [-0.25, -0.2) is 0 Å². The lowest BCUT2D eigenvalue weighted by Gasteiger charge is -2.42. The van der Waals surface area contributed by atoms with Crippen LogP contribution in [-0.2, 0) is 14.3 Å². The number of ether oxygens (including phenoxy) is 2. The van der Waals surface area contributed by atoms with Crippen LogP contribution in [-0.4, -0.2) is 17.9 Å². The van der Waals surface area contributed by atoms with Crippen molar-refractivity contribution in [2.45, 2.75) is 50.4 Å². The van der Waals surface area contributed by atoms with E-state index in [0.717, 1.165) is 31.2 Å². The first kappa shape index (κ1) is 11.7. The summed E-state index contributed by atoms with van der Waals surface area (Å²) in [4.78, 5) is 12.3. The predicted molar refractivity (Wildman–Crippen MR) is 67.0 cm³/mol. The van der Waals surface area contributed by atoms with E-state index >= 15 is 0 Å². The van der Waals surface area contributed by atoms with Crippen LogP contribution in [0.4, 0.5) is 0 Å². The molecule has 1 saturated heterocycles. The third-order valence-corrected chi connectivity index (χ3v) is 4.03. The highest BCUT2D eigenvalue weighted by molar-refractivity contribution is 5.80. The lowest BCUT2D eigenvalue weighted by Crippen LogP contribution is -2.49. The van der Waals surface area contributed by atoms with Crippen molar-refractivity contribution in [2.24, 2.45) is 0 Å². The third-order valence-electron chi connectivity index (χ3n) is 4.03. The molecule has 1 aromatic rings. The number of cyclic esters (lactones) is 1. The van der Waals surface area contributed by atoms with Crippen LogP contribution in [0.15, 0.2) is 30.3 Å². The van der Waals surface area contributed by atoms with Gasteiger partial charge >= 0.3 is 5.97 Å². The molecule has 2 atom stereocenters. The molecule has 0 bridgehead atoms. The van der Waals surface area contributed by atoms with E-state index in [9.17, 15) is 4.79 Å². The monoisotopic (exact) mass is 246 g/mol. The Morgan fingerprint density at radius 3 is 2.50 bits per heavy atom. The van der Waals surface area contributed by atoms with Crippen LogP contribution in [0.25, 0.3) is 0 Å². The molecule has 1 saturated carbocycles. The second-order valence-electron chi connectivity index (χ2n) is 5.24. The molecule has 3 heteroatoms. The average molecular weight is 246 g/mol. The maximum Gasteiger partial charge on any atom is 0.318 e. The molecule has 1 aliphatic carbocycles. The van der Waals surface area contributed by atoms with Gasteiger partial charge in [-0.15, -0.1) is 0 Å². The summed E-state index contributed by atoms with van der Waals surface area (Å²) in [6, 6.07) is 9.87. The smallest absolute Gasteiger partial charge is 0.318 e. The zero-order chi connectivity index (χ0) is 12.6. The van der Waals surface area contributed by atoms with Gasteiger partial charge in [0.25, 0.3) is 0 Å². The normalized spacial score (nSPS) is 30.4. The Morgan fingerprint density at radius 1 is 1.17 bits per heavy atom. The minimum absolute atomic E-state index is 0.137. The maximum atomic E-state index is 12.3. The van der Waals surface area contributed by atoms with Gasteiger partial charge in [0.2, 0.25) is 6.29 Å². The Balaban J connectivity index is 2.00. The number of hydrogen-bond acceptors (Lipinski definition) is 3. The van der Waals surface area contributed by atoms with Crippen LogP contribution in [0.2, 0.25) is 0 Å². The summed E-state index contributed by atoms with van der Waals surface area (Å²) in [6.07, 6.45) is 3.74. The van der Waals surface area contributed by atoms with Gasteiger partial charge in [0.1, 0.15) is 5.92 Å². The molecule has 1 heterocycles. The molecule has 3 nitrogen and oxygen atoms in total. The minimum atomic E-state index is -0.421. The van der Waals surface area contributed by atoms with Crippen LogP contribution < -0.4 is 0 Å². The molecule has 1 aliphatic heterocycles. The van der Waals surface area contributed by atoms with Crippen molar-refractivity contribution < 1.29 is 14.3 Å². The molecular weight excluding hydrogens is 228 g/mol. The molecule has 2 fully saturated rings. The van der Waals surface area contributed by atoms with Crippen LogP contribution in [0, 0.1) is 0 Å². The van der Waals surface area contributed by atoms with Crippen LogP contribution in [0.5, 0.6) is 0 Å². The van der Waals surface area contributed by atoms with Gasteiger partial charge in [-0.3, -0.25) is 4.79 Å². The first-order valence-corrected chi connectivity index (χ1v) is 6.64. The molecule has 18 heavy (non-hydrogen) atoms. The second kappa shape index (κ2) is 4.39. The Kier molecular flexibility index (Phi) is 2.86. The summed E-state index contributed by atoms with van der Waals surface area (Å²) in [5.74, 6) is -0.403. The third kappa shape index (κ3) is 1.83. The molecule has 0 radical (unpaired) electrons. The maximum absolute atomic E-state index is 12.3. The Labute approximate surface area is 107 Å². The number of rotatable bonds is 1. The van der Waals surface area contributed by atoms with Crippen molar-refractivity contribution in [3.8, 4) is 0 Å². The fourth-order valence-electron chi connectivity index (χ4n) is 3.33. The van der Waals surface area contributed by atoms with Gasteiger partial charge in [-0.05, 0) is 25.3 Å². The SMILES string of the molecule is C[C@@H]1OC(=O)[C@H](c2ccccc2)C2(CCCC2)O1. The van der Waals surface area contributed by atoms with Crippen molar-refractivity contribution >= 4 is 5.97 Å². The quantitative estimate of drug-likeness (QED) is 0.714. The van der Waals surface area contributed by atoms with Crippen LogP contribution in [0.3, 0.4) is 0 Å². The molecule has 1 aromatic carbocycles. The van der Waals surface area contributed by atoms with E-state index in [1.165, 1.54) is 0 Å². The van der Waals surface area contributed by atoms with Crippen molar-refractivity contribution in [3.63, 3.8) is 0 Å². The zero-order valence-electron chi connectivity index (χ0n) is 10.6. The number of carbonyl (C=O) groups is 1. The first-order chi connectivity index (χ1) is 8.71. The lowest BCUT2D eigenvalue weighted by atomic mass is 9.80. The van der Waals surface area contributed by atoms with E-state index in [1.807, 2.05) is 30.3 Å². The standard InChI is InChI=1S/C15H18O3/c1-11-17-14(16)13(12-7-3-2-4-8-12)15(18-11)9-5-6-10-15/h2-4,7-8,11,13H,5-6,9-10H2,1H3/t11-,13+/m1/s1. The molecule has 0 aromatic heterocycles. The summed E-state index contributed by atoms with van der Waals surface area (Å²) in [5.41, 5.74) is 0.673. The van der Waals surface area contributed by atoms with Crippen molar-refractivity contribution in [3.05, 3.63) is 35.9 Å². The molecule has 3 rings (SSSR count). The van der Waals surface area contributed by atoms with E-state index in [1.54, 1.807) is 6.92 Å². The highest BCUT2D eigenvalue weighted by atomic mass is 16.7. The van der Waals surface area contributed by atoms with Crippen LogP contribution >= 0.6 is 0 Å². The second-order valence-corrected chi connectivity index (χ2v) is 5.24. The van der Waals surface area contributed by atoms with Gasteiger partial charge in [0, 0.05) is 0 Å². The minimum Gasteiger partial charge on any atom is -0.436 e. The van der Waals surface area contributed by atoms with Gasteiger partial charge in [0.05, 0.1) is 5.60 Å². The highest BCUT2D eigenvalue weighted by Crippen LogP contribution is 2.48. The fourth-order valence-corrected chi connectivity index (χ4v) is 3.33. The summed E-state index contributed by atoms with van der Waals surface area (Å²) >= 11 is 0. The van der Waals surface area contributed by atoms with E-state index in [4.69, 9.17) is 9.47 Å². The molecule has 2 aliphatic rings. The number of esters is 1. The van der Waals surface area contributed by atoms with Crippen molar-refractivity contribution in [1.29, 1.82) is 0 Å². The summed E-state index contributed by atoms with van der Waals surface area (Å²) < 4.78 is 11.3. The number of carbonyl (C=O) groups excluding carboxylic acids is 1. The lowest BCUT2D eigenvalue weighted by molar-refractivity contribution is -0.245. The molecular formula is C15H18O3. The van der Waals surface area contributed by atoms with Gasteiger partial charge in [0.15, 0.2) is 0 Å². The summed E-state index contributed by atoms with van der Waals surface area (Å²) in [6.45, 7) is 1.80. The van der Waals surface area contributed by atoms with Gasteiger partial charge in [-0.1, -0.05) is 43.2 Å². The van der Waals surface area contributed by atoms with E-state index < -0.39 is 6.29 Å². The van der Waals surface area contributed by atoms with Gasteiger partial charge < -0.3 is 9.47 Å². The number of benzene rings is 1. The predicted octanol–water partition coefficient (Wildman–Crippen LogP) is 3.00. The first-order valence-electron chi connectivity index (χ1n) is 6.64. The fraction of sp³-hybridized carbons (Fsp3) is 0.533. The Bertz CT molecular complexity index is 434. The highest BCUT2D eigenvalue weighted by Gasteiger charge is 2.52. The summed E-state index contributed by atoms with van der Waals surface area (Å²) in [5, 5.41) is 0. The van der Waals surface area contributed by atoms with E-state index in [-0.39, 0.29) is 17.5 Å². The number of hydrogen-bond donors (Lipinski definition) is 0. The molecule has 96 valence electrons. The molecule has 0 amide bonds. The van der Waals surface area contributed by atoms with Crippen molar-refractivity contribution in [2.75, 3.05) is 0 Å². The Morgan fingerprint density at radius 2 is 1.83 bits per heavy atom. The largest absolute Gasteiger partial charge is 0.436 e. The molecule has 0 unspecified atom stereocenters. The van der Waals surface area contributed by atoms with Crippen molar-refractivity contribution in [1.82, 2.24) is 0 Å². The molecule has 0 N–H and O–H groups in total. The van der Waals surface area contributed by atoms with E-state index in [2.05, 4.69) is 0 Å². The summed E-state index contributed by atoms with van der Waals surface area (Å²) in [7, 11) is 0. The van der Waals surface area contributed by atoms with E-state index in [0.29, 0.717) is 0 Å². The topological polar surface area (TPSA) is 35.5 Å². The molecule has 1 spiro atoms.